The Morgan fingerprint density at radius 1 is 1.24 bits per heavy atom. The number of ether oxygens (including phenoxy) is 2. The second kappa shape index (κ2) is 8.64. The van der Waals surface area contributed by atoms with Gasteiger partial charge >= 0.3 is 0 Å². The lowest BCUT2D eigenvalue weighted by molar-refractivity contribution is 0.246. The first-order valence-corrected chi connectivity index (χ1v) is 12.6. The Bertz CT molecular complexity index is 1440. The Balaban J connectivity index is 1.43. The van der Waals surface area contributed by atoms with Gasteiger partial charge in [0.2, 0.25) is 11.7 Å². The van der Waals surface area contributed by atoms with E-state index in [0.29, 0.717) is 18.2 Å². The van der Waals surface area contributed by atoms with E-state index in [1.807, 2.05) is 12.3 Å². The molecule has 9 nitrogen and oxygen atoms in total. The summed E-state index contributed by atoms with van der Waals surface area (Å²) in [5.74, 6) is 0.132. The number of hydrogen-bond donors (Lipinski definition) is 4. The van der Waals surface area contributed by atoms with Crippen molar-refractivity contribution < 1.29 is 9.47 Å². The molecule has 9 heteroatoms. The monoisotopic (exact) mass is 499 g/mol. The van der Waals surface area contributed by atoms with Crippen molar-refractivity contribution in [2.75, 3.05) is 50.2 Å². The van der Waals surface area contributed by atoms with Crippen molar-refractivity contribution in [3.8, 4) is 22.8 Å². The minimum Gasteiger partial charge on any atom is -0.496 e. The number of pyridine rings is 1. The molecule has 0 fully saturated rings. The first-order chi connectivity index (χ1) is 17.8. The van der Waals surface area contributed by atoms with E-state index in [0.717, 1.165) is 64.5 Å². The van der Waals surface area contributed by atoms with Crippen LogP contribution in [0.5, 0.6) is 11.6 Å². The minimum atomic E-state index is -1.22. The molecule has 0 bridgehead atoms. The summed E-state index contributed by atoms with van der Waals surface area (Å²) in [6, 6.07) is 8.53. The molecule has 2 atom stereocenters. The van der Waals surface area contributed by atoms with Crippen molar-refractivity contribution in [3.05, 3.63) is 58.3 Å². The van der Waals surface area contributed by atoms with E-state index < -0.39 is 5.79 Å². The normalized spacial score (nSPS) is 22.1. The Morgan fingerprint density at radius 3 is 2.89 bits per heavy atom. The fraction of sp³-hybridized carbons (Fsp3) is 0.357. The summed E-state index contributed by atoms with van der Waals surface area (Å²) in [4.78, 5) is 11.6. The van der Waals surface area contributed by atoms with Gasteiger partial charge < -0.3 is 25.8 Å². The van der Waals surface area contributed by atoms with Gasteiger partial charge in [-0.1, -0.05) is 0 Å². The van der Waals surface area contributed by atoms with Gasteiger partial charge in [-0.15, -0.1) is 0 Å². The van der Waals surface area contributed by atoms with Crippen molar-refractivity contribution in [2.45, 2.75) is 32.1 Å². The van der Waals surface area contributed by atoms with Gasteiger partial charge in [0.15, 0.2) is 0 Å². The van der Waals surface area contributed by atoms with Crippen molar-refractivity contribution >= 4 is 23.3 Å². The number of likely N-dealkylation sites (N-methyl/N-ethyl adjacent to an activating group) is 1. The molecule has 3 aliphatic heterocycles. The van der Waals surface area contributed by atoms with Gasteiger partial charge in [0.25, 0.3) is 0 Å². The van der Waals surface area contributed by atoms with E-state index in [1.54, 1.807) is 13.3 Å². The van der Waals surface area contributed by atoms with Gasteiger partial charge in [-0.05, 0) is 73.8 Å². The molecule has 1 aromatic heterocycles. The third-order valence-electron chi connectivity index (χ3n) is 7.91. The topological polar surface area (TPSA) is 123 Å². The number of nitrogens with one attached hydrogen (secondary N) is 2. The molecule has 2 unspecified atom stereocenters. The third kappa shape index (κ3) is 3.77. The fourth-order valence-electron chi connectivity index (χ4n) is 5.57. The number of aromatic nitrogens is 1. The van der Waals surface area contributed by atoms with Crippen LogP contribution in [-0.4, -0.2) is 50.0 Å². The van der Waals surface area contributed by atoms with Gasteiger partial charge in [0.05, 0.1) is 12.7 Å². The lowest BCUT2D eigenvalue weighted by atomic mass is 9.89. The molecule has 0 aliphatic carbocycles. The minimum absolute atomic E-state index is 0.274. The number of fused-ring (bicyclic) bond motifs is 3. The Kier molecular flexibility index (Phi) is 5.50. The van der Waals surface area contributed by atoms with Gasteiger partial charge in [0.1, 0.15) is 18.0 Å². The predicted molar refractivity (Wildman–Crippen MR) is 148 cm³/mol. The Labute approximate surface area is 216 Å². The number of aliphatic imine (C=N–C) groups is 1. The van der Waals surface area contributed by atoms with Crippen LogP contribution in [0.25, 0.3) is 11.1 Å². The third-order valence-corrected chi connectivity index (χ3v) is 7.91. The highest BCUT2D eigenvalue weighted by Crippen LogP contribution is 2.42. The summed E-state index contributed by atoms with van der Waals surface area (Å²) in [6.45, 7) is 6.64. The molecule has 0 saturated carbocycles. The fourth-order valence-corrected chi connectivity index (χ4v) is 5.57. The van der Waals surface area contributed by atoms with E-state index in [-0.39, 0.29) is 6.04 Å². The second-order valence-corrected chi connectivity index (χ2v) is 10.1. The van der Waals surface area contributed by atoms with E-state index in [9.17, 15) is 0 Å². The molecule has 0 amide bonds. The van der Waals surface area contributed by atoms with Crippen LogP contribution >= 0.6 is 0 Å². The van der Waals surface area contributed by atoms with E-state index in [2.05, 4.69) is 59.6 Å². The van der Waals surface area contributed by atoms with Crippen molar-refractivity contribution in [3.63, 3.8) is 0 Å². The summed E-state index contributed by atoms with van der Waals surface area (Å²) in [5, 5.41) is 6.88. The zero-order valence-corrected chi connectivity index (χ0v) is 21.7. The molecule has 3 aromatic rings. The molecule has 6 N–H and O–H groups in total. The molecule has 0 spiro atoms. The highest BCUT2D eigenvalue weighted by Gasteiger charge is 2.36. The SMILES string of the molecule is COc1cc2c(cc1C1(N)N=Cc3c(N)cc(-c4cnc5c(c4C)NCCO5)cc3N1)C(C)N(C)CC2. The van der Waals surface area contributed by atoms with Crippen molar-refractivity contribution in [1.29, 1.82) is 0 Å². The molecule has 192 valence electrons. The van der Waals surface area contributed by atoms with Gasteiger partial charge in [0, 0.05) is 54.0 Å². The lowest BCUT2D eigenvalue weighted by Gasteiger charge is -2.37. The number of nitrogens with two attached hydrogens (primary N) is 2. The number of anilines is 3. The maximum Gasteiger partial charge on any atom is 0.237 e. The predicted octanol–water partition coefficient (Wildman–Crippen LogP) is 3.61. The first-order valence-electron chi connectivity index (χ1n) is 12.6. The molecule has 6 rings (SSSR count). The molecule has 0 saturated heterocycles. The molecule has 4 heterocycles. The molecule has 2 aromatic carbocycles. The first kappa shape index (κ1) is 23.6. The molecule has 37 heavy (non-hydrogen) atoms. The number of nitrogen functional groups attached to an aromatic ring is 1. The van der Waals surface area contributed by atoms with Gasteiger partial charge in [-0.2, -0.15) is 0 Å². The van der Waals surface area contributed by atoms with Crippen LogP contribution in [0, 0.1) is 6.92 Å². The number of nitrogens with zero attached hydrogens (tertiary/aromatic N) is 3. The lowest BCUT2D eigenvalue weighted by Crippen LogP contribution is -2.45. The Morgan fingerprint density at radius 2 is 2.08 bits per heavy atom. The molecular weight excluding hydrogens is 466 g/mol. The van der Waals surface area contributed by atoms with Crippen LogP contribution in [0.2, 0.25) is 0 Å². The Hall–Kier alpha value is -3.82. The highest BCUT2D eigenvalue weighted by atomic mass is 16.5. The largest absolute Gasteiger partial charge is 0.496 e. The van der Waals surface area contributed by atoms with Crippen LogP contribution in [0.1, 0.15) is 40.8 Å². The average Bonchev–Trinajstić information content (AvgIpc) is 2.90. The summed E-state index contributed by atoms with van der Waals surface area (Å²) in [7, 11) is 3.82. The van der Waals surface area contributed by atoms with Crippen LogP contribution < -0.4 is 31.6 Å². The van der Waals surface area contributed by atoms with Crippen molar-refractivity contribution in [2.24, 2.45) is 10.7 Å². The molecule has 3 aliphatic rings. The van der Waals surface area contributed by atoms with Gasteiger partial charge in [-0.3, -0.25) is 10.6 Å². The number of rotatable bonds is 3. The summed E-state index contributed by atoms with van der Waals surface area (Å²) in [6.07, 6.45) is 4.56. The summed E-state index contributed by atoms with van der Waals surface area (Å²) in [5.41, 5.74) is 22.9. The van der Waals surface area contributed by atoms with Crippen LogP contribution in [0.4, 0.5) is 17.1 Å². The van der Waals surface area contributed by atoms with Crippen LogP contribution in [-0.2, 0) is 12.2 Å². The molecular formula is C28H33N7O2. The second-order valence-electron chi connectivity index (χ2n) is 10.1. The summed E-state index contributed by atoms with van der Waals surface area (Å²) < 4.78 is 11.5. The average molecular weight is 500 g/mol. The zero-order valence-electron chi connectivity index (χ0n) is 21.7. The summed E-state index contributed by atoms with van der Waals surface area (Å²) >= 11 is 0. The maximum atomic E-state index is 6.96. The highest BCUT2D eigenvalue weighted by molar-refractivity contribution is 5.99. The quantitative estimate of drug-likeness (QED) is 0.403. The molecule has 0 radical (unpaired) electrons. The maximum absolute atomic E-state index is 6.96. The number of hydrogen-bond acceptors (Lipinski definition) is 9. The van der Waals surface area contributed by atoms with Crippen molar-refractivity contribution in [1.82, 2.24) is 9.88 Å². The smallest absolute Gasteiger partial charge is 0.237 e. The number of methoxy groups -OCH3 is 1. The van der Waals surface area contributed by atoms with Crippen LogP contribution in [0.15, 0.2) is 35.5 Å². The van der Waals surface area contributed by atoms with Gasteiger partial charge in [-0.25, -0.2) is 9.98 Å². The zero-order chi connectivity index (χ0) is 25.9. The van der Waals surface area contributed by atoms with E-state index in [4.69, 9.17) is 25.9 Å². The van der Waals surface area contributed by atoms with Crippen LogP contribution in [0.3, 0.4) is 0 Å². The van der Waals surface area contributed by atoms with E-state index in [1.165, 1.54) is 11.1 Å². The number of benzene rings is 2. The van der Waals surface area contributed by atoms with E-state index >= 15 is 0 Å². The standard InChI is InChI=1S/C28H33N7O2/c1-15-20(13-32-27-26(15)31-6-8-37-27)18-9-23(29)21-14-33-28(30,34-24(21)10-18)22-12-19-16(2)35(3)7-5-17(19)11-25(22)36-4/h9-14,16,31,34H,5-8,29-30H2,1-4H3.